The van der Waals surface area contributed by atoms with Crippen LogP contribution in [0.1, 0.15) is 21.6 Å². The molecule has 0 N–H and O–H groups in total. The lowest BCUT2D eigenvalue weighted by molar-refractivity contribution is -0.141. The van der Waals surface area contributed by atoms with Gasteiger partial charge in [0.25, 0.3) is 5.91 Å². The first-order valence-electron chi connectivity index (χ1n) is 13.0. The van der Waals surface area contributed by atoms with Gasteiger partial charge < -0.3 is 24.2 Å². The summed E-state index contributed by atoms with van der Waals surface area (Å²) >= 11 is 1.12. The Hall–Kier alpha value is -3.51. The van der Waals surface area contributed by atoms with E-state index in [0.29, 0.717) is 63.8 Å². The molecule has 0 spiro atoms. The second-order valence-electron chi connectivity index (χ2n) is 9.46. The lowest BCUT2D eigenvalue weighted by Crippen LogP contribution is -2.47. The second kappa shape index (κ2) is 12.3. The third-order valence-electron chi connectivity index (χ3n) is 6.86. The number of morpholine rings is 1. The standard InChI is InChI=1S/C28H30F3N5O3S/c1-38-23-7-5-22(6-8-23)34-9-11-35(12-10-34)25-18-24(28(29,30)31)32-27(33-25)40-19-20-3-2-4-21(17-20)26(37)36-13-15-39-16-14-36/h2-8,17-18H,9-16,19H2,1H3. The van der Waals surface area contributed by atoms with Gasteiger partial charge in [0, 0.05) is 62.3 Å². The normalized spacial score (nSPS) is 16.2. The molecule has 2 fully saturated rings. The Kier molecular flexibility index (Phi) is 8.65. The summed E-state index contributed by atoms with van der Waals surface area (Å²) in [5.41, 5.74) is 1.42. The number of carbonyl (C=O) groups excluding carboxylic acids is 1. The van der Waals surface area contributed by atoms with Crippen LogP contribution >= 0.6 is 11.8 Å². The van der Waals surface area contributed by atoms with Gasteiger partial charge in [0.1, 0.15) is 11.6 Å². The smallest absolute Gasteiger partial charge is 0.433 e. The first-order chi connectivity index (χ1) is 19.3. The Morgan fingerprint density at radius 3 is 2.33 bits per heavy atom. The maximum atomic E-state index is 13.8. The maximum absolute atomic E-state index is 13.8. The fourth-order valence-electron chi connectivity index (χ4n) is 4.66. The molecule has 0 bridgehead atoms. The molecule has 1 amide bonds. The molecule has 3 heterocycles. The monoisotopic (exact) mass is 573 g/mol. The number of hydrogen-bond acceptors (Lipinski definition) is 8. The number of methoxy groups -OCH3 is 1. The van der Waals surface area contributed by atoms with Crippen LogP contribution in [0.25, 0.3) is 0 Å². The van der Waals surface area contributed by atoms with Gasteiger partial charge in [-0.3, -0.25) is 4.79 Å². The largest absolute Gasteiger partial charge is 0.497 e. The lowest BCUT2D eigenvalue weighted by Gasteiger charge is -2.37. The first kappa shape index (κ1) is 28.0. The van der Waals surface area contributed by atoms with Gasteiger partial charge in [-0.1, -0.05) is 23.9 Å². The van der Waals surface area contributed by atoms with Crippen molar-refractivity contribution in [3.8, 4) is 5.75 Å². The van der Waals surface area contributed by atoms with Crippen molar-refractivity contribution in [2.75, 3.05) is 69.4 Å². The number of hydrogen-bond donors (Lipinski definition) is 0. The molecule has 2 aliphatic heterocycles. The van der Waals surface area contributed by atoms with E-state index in [1.807, 2.05) is 35.2 Å². The van der Waals surface area contributed by atoms with E-state index in [1.54, 1.807) is 30.2 Å². The molecule has 0 unspecified atom stereocenters. The van der Waals surface area contributed by atoms with E-state index < -0.39 is 11.9 Å². The van der Waals surface area contributed by atoms with Crippen molar-refractivity contribution in [2.24, 2.45) is 0 Å². The van der Waals surface area contributed by atoms with Gasteiger partial charge in [-0.2, -0.15) is 13.2 Å². The Morgan fingerprint density at radius 2 is 1.65 bits per heavy atom. The summed E-state index contributed by atoms with van der Waals surface area (Å²) in [6.07, 6.45) is -4.59. The molecular formula is C28H30F3N5O3S. The highest BCUT2D eigenvalue weighted by atomic mass is 32.2. The molecule has 5 rings (SSSR count). The van der Waals surface area contributed by atoms with E-state index >= 15 is 0 Å². The van der Waals surface area contributed by atoms with Crippen LogP contribution in [0.4, 0.5) is 24.7 Å². The summed E-state index contributed by atoms with van der Waals surface area (Å²) in [5, 5.41) is 0.0484. The minimum atomic E-state index is -4.59. The number of ether oxygens (including phenoxy) is 2. The van der Waals surface area contributed by atoms with Gasteiger partial charge in [0.2, 0.25) is 0 Å². The number of carbonyl (C=O) groups is 1. The van der Waals surface area contributed by atoms with Crippen LogP contribution in [0.5, 0.6) is 5.75 Å². The number of benzene rings is 2. The second-order valence-corrected chi connectivity index (χ2v) is 10.4. The summed E-state index contributed by atoms with van der Waals surface area (Å²) in [6, 6.07) is 15.9. The Morgan fingerprint density at radius 1 is 0.950 bits per heavy atom. The highest BCUT2D eigenvalue weighted by Gasteiger charge is 2.34. The molecule has 0 aliphatic carbocycles. The van der Waals surface area contributed by atoms with Crippen LogP contribution in [-0.2, 0) is 16.7 Å². The predicted molar refractivity (Wildman–Crippen MR) is 147 cm³/mol. The Balaban J connectivity index is 1.27. The molecule has 2 aromatic carbocycles. The summed E-state index contributed by atoms with van der Waals surface area (Å²) in [6.45, 7) is 4.42. The van der Waals surface area contributed by atoms with Crippen LogP contribution in [0.3, 0.4) is 0 Å². The fourth-order valence-corrected chi connectivity index (χ4v) is 5.46. The number of amides is 1. The SMILES string of the molecule is COc1ccc(N2CCN(c3cc(C(F)(F)F)nc(SCc4cccc(C(=O)N5CCOCC5)c4)n3)CC2)cc1. The highest BCUT2D eigenvalue weighted by Crippen LogP contribution is 2.33. The molecule has 2 saturated heterocycles. The number of nitrogens with zero attached hydrogens (tertiary/aromatic N) is 5. The molecule has 0 radical (unpaired) electrons. The zero-order chi connectivity index (χ0) is 28.1. The molecule has 0 atom stereocenters. The number of rotatable bonds is 7. The van der Waals surface area contributed by atoms with Crippen molar-refractivity contribution in [2.45, 2.75) is 17.1 Å². The molecule has 8 nitrogen and oxygen atoms in total. The minimum Gasteiger partial charge on any atom is -0.497 e. The third-order valence-corrected chi connectivity index (χ3v) is 7.78. The van der Waals surface area contributed by atoms with E-state index in [1.165, 1.54) is 0 Å². The Labute approximate surface area is 235 Å². The zero-order valence-corrected chi connectivity index (χ0v) is 22.9. The average Bonchev–Trinajstić information content (AvgIpc) is 3.00. The van der Waals surface area contributed by atoms with Crippen molar-refractivity contribution < 1.29 is 27.4 Å². The molecule has 2 aliphatic rings. The quantitative estimate of drug-likeness (QED) is 0.300. The number of anilines is 2. The van der Waals surface area contributed by atoms with Crippen molar-refractivity contribution >= 4 is 29.2 Å². The van der Waals surface area contributed by atoms with Gasteiger partial charge in [-0.25, -0.2) is 9.97 Å². The average molecular weight is 574 g/mol. The van der Waals surface area contributed by atoms with Crippen LogP contribution in [0.2, 0.25) is 0 Å². The van der Waals surface area contributed by atoms with Gasteiger partial charge in [-0.15, -0.1) is 0 Å². The fraction of sp³-hybridized carbons (Fsp3) is 0.393. The van der Waals surface area contributed by atoms with Crippen LogP contribution < -0.4 is 14.5 Å². The van der Waals surface area contributed by atoms with Crippen LogP contribution in [0.15, 0.2) is 59.8 Å². The topological polar surface area (TPSA) is 71.0 Å². The lowest BCUT2D eigenvalue weighted by atomic mass is 10.1. The number of piperazine rings is 1. The molecule has 40 heavy (non-hydrogen) atoms. The molecular weight excluding hydrogens is 543 g/mol. The number of thioether (sulfide) groups is 1. The van der Waals surface area contributed by atoms with Crippen molar-refractivity contribution in [1.29, 1.82) is 0 Å². The van der Waals surface area contributed by atoms with Crippen molar-refractivity contribution in [3.63, 3.8) is 0 Å². The predicted octanol–water partition coefficient (Wildman–Crippen LogP) is 4.60. The number of aromatic nitrogens is 2. The highest BCUT2D eigenvalue weighted by molar-refractivity contribution is 7.98. The summed E-state index contributed by atoms with van der Waals surface area (Å²) < 4.78 is 51.8. The molecule has 3 aromatic rings. The van der Waals surface area contributed by atoms with Crippen LogP contribution in [-0.4, -0.2) is 80.4 Å². The summed E-state index contributed by atoms with van der Waals surface area (Å²) in [5.74, 6) is 1.27. The summed E-state index contributed by atoms with van der Waals surface area (Å²) in [7, 11) is 1.61. The van der Waals surface area contributed by atoms with Gasteiger partial charge in [0.15, 0.2) is 10.9 Å². The minimum absolute atomic E-state index is 0.0484. The van der Waals surface area contributed by atoms with E-state index in [0.717, 1.165) is 34.8 Å². The van der Waals surface area contributed by atoms with Crippen molar-refractivity contribution in [1.82, 2.24) is 14.9 Å². The number of alkyl halides is 3. The maximum Gasteiger partial charge on any atom is 0.433 e. The molecule has 212 valence electrons. The molecule has 0 saturated carbocycles. The van der Waals surface area contributed by atoms with E-state index in [-0.39, 0.29) is 16.9 Å². The van der Waals surface area contributed by atoms with Crippen molar-refractivity contribution in [3.05, 3.63) is 71.4 Å². The number of halogens is 3. The van der Waals surface area contributed by atoms with Gasteiger partial charge in [-0.05, 0) is 42.0 Å². The zero-order valence-electron chi connectivity index (χ0n) is 22.1. The van der Waals surface area contributed by atoms with Gasteiger partial charge >= 0.3 is 6.18 Å². The van der Waals surface area contributed by atoms with E-state index in [4.69, 9.17) is 9.47 Å². The third kappa shape index (κ3) is 6.79. The Bertz CT molecular complexity index is 1310. The summed E-state index contributed by atoms with van der Waals surface area (Å²) in [4.78, 5) is 26.9. The van der Waals surface area contributed by atoms with Crippen LogP contribution in [0, 0.1) is 0 Å². The molecule has 12 heteroatoms. The first-order valence-corrected chi connectivity index (χ1v) is 14.0. The van der Waals surface area contributed by atoms with Gasteiger partial charge in [0.05, 0.1) is 20.3 Å². The van der Waals surface area contributed by atoms with E-state index in [2.05, 4.69) is 14.9 Å². The van der Waals surface area contributed by atoms with E-state index in [9.17, 15) is 18.0 Å². The molecule has 1 aromatic heterocycles.